The van der Waals surface area contributed by atoms with E-state index in [4.69, 9.17) is 32.7 Å². The van der Waals surface area contributed by atoms with Crippen LogP contribution in [0.25, 0.3) is 0 Å². The Bertz CT molecular complexity index is 779. The van der Waals surface area contributed by atoms with Gasteiger partial charge in [-0.2, -0.15) is 0 Å². The molecule has 2 aromatic carbocycles. The molecule has 0 spiro atoms. The van der Waals surface area contributed by atoms with Crippen LogP contribution in [0.5, 0.6) is 5.75 Å². The number of esters is 1. The number of amides is 1. The predicted molar refractivity (Wildman–Crippen MR) is 96.2 cm³/mol. The molecule has 5 nitrogen and oxygen atoms in total. The molecule has 1 amide bonds. The number of hydrogen-bond acceptors (Lipinski definition) is 4. The first-order valence-corrected chi connectivity index (χ1v) is 8.16. The second-order valence-electron chi connectivity index (χ2n) is 5.26. The minimum atomic E-state index is -0.680. The third-order valence-corrected chi connectivity index (χ3v) is 4.05. The number of nitrogens with zero attached hydrogens (tertiary/aromatic N) is 1. The lowest BCUT2D eigenvalue weighted by atomic mass is 10.2. The van der Waals surface area contributed by atoms with Crippen LogP contribution in [0.15, 0.2) is 42.5 Å². The molecule has 0 N–H and O–H groups in total. The molecule has 0 unspecified atom stereocenters. The number of para-hydroxylation sites is 1. The predicted octanol–water partition coefficient (Wildman–Crippen LogP) is 3.82. The average molecular weight is 382 g/mol. The lowest BCUT2D eigenvalue weighted by Gasteiger charge is -2.18. The van der Waals surface area contributed by atoms with Crippen molar-refractivity contribution in [2.45, 2.75) is 6.54 Å². The molecular formula is C18H17Cl2NO4. The van der Waals surface area contributed by atoms with E-state index in [1.165, 1.54) is 23.1 Å². The van der Waals surface area contributed by atoms with E-state index in [0.717, 1.165) is 5.56 Å². The summed E-state index contributed by atoms with van der Waals surface area (Å²) in [5.41, 5.74) is 1.01. The highest BCUT2D eigenvalue weighted by molar-refractivity contribution is 6.36. The average Bonchev–Trinajstić information content (AvgIpc) is 2.59. The van der Waals surface area contributed by atoms with Gasteiger partial charge in [-0.15, -0.1) is 0 Å². The largest absolute Gasteiger partial charge is 0.496 e. The molecule has 0 bridgehead atoms. The van der Waals surface area contributed by atoms with Gasteiger partial charge in [0.05, 0.1) is 17.7 Å². The van der Waals surface area contributed by atoms with Crippen LogP contribution in [0.3, 0.4) is 0 Å². The van der Waals surface area contributed by atoms with Gasteiger partial charge in [-0.3, -0.25) is 4.79 Å². The molecule has 2 aromatic rings. The van der Waals surface area contributed by atoms with Gasteiger partial charge in [0.1, 0.15) is 5.75 Å². The molecule has 0 radical (unpaired) electrons. The van der Waals surface area contributed by atoms with Gasteiger partial charge in [0.25, 0.3) is 5.91 Å². The van der Waals surface area contributed by atoms with Crippen LogP contribution in [0.2, 0.25) is 10.0 Å². The van der Waals surface area contributed by atoms with E-state index in [0.29, 0.717) is 17.3 Å². The zero-order chi connectivity index (χ0) is 18.4. The summed E-state index contributed by atoms with van der Waals surface area (Å²) in [6, 6.07) is 11.8. The molecule has 0 atom stereocenters. The summed E-state index contributed by atoms with van der Waals surface area (Å²) in [6.45, 7) is -0.0501. The number of carbonyl (C=O) groups excluding carboxylic acids is 2. The van der Waals surface area contributed by atoms with Crippen molar-refractivity contribution in [1.82, 2.24) is 4.90 Å². The van der Waals surface area contributed by atoms with Crippen molar-refractivity contribution in [3.05, 3.63) is 63.6 Å². The van der Waals surface area contributed by atoms with Gasteiger partial charge in [0.15, 0.2) is 6.61 Å². The van der Waals surface area contributed by atoms with Crippen molar-refractivity contribution in [2.24, 2.45) is 0 Å². The second-order valence-corrected chi connectivity index (χ2v) is 6.11. The Morgan fingerprint density at radius 2 is 1.84 bits per heavy atom. The molecule has 0 saturated carbocycles. The monoisotopic (exact) mass is 381 g/mol. The quantitative estimate of drug-likeness (QED) is 0.713. The number of benzene rings is 2. The van der Waals surface area contributed by atoms with E-state index >= 15 is 0 Å². The summed E-state index contributed by atoms with van der Waals surface area (Å²) < 4.78 is 10.3. The lowest BCUT2D eigenvalue weighted by Crippen LogP contribution is -2.31. The molecular weight excluding hydrogens is 365 g/mol. The van der Waals surface area contributed by atoms with Gasteiger partial charge < -0.3 is 14.4 Å². The summed E-state index contributed by atoms with van der Waals surface area (Å²) in [6.07, 6.45) is 0. The molecule has 2 rings (SSSR count). The fraction of sp³-hybridized carbons (Fsp3) is 0.222. The number of rotatable bonds is 6. The van der Waals surface area contributed by atoms with Gasteiger partial charge in [-0.05, 0) is 24.3 Å². The lowest BCUT2D eigenvalue weighted by molar-refractivity contribution is -0.133. The van der Waals surface area contributed by atoms with Crippen LogP contribution >= 0.6 is 23.2 Å². The van der Waals surface area contributed by atoms with E-state index in [9.17, 15) is 9.59 Å². The summed E-state index contributed by atoms with van der Waals surface area (Å²) in [4.78, 5) is 25.7. The van der Waals surface area contributed by atoms with Crippen molar-refractivity contribution in [3.63, 3.8) is 0 Å². The zero-order valence-corrected chi connectivity index (χ0v) is 15.3. The highest BCUT2D eigenvalue weighted by Crippen LogP contribution is 2.22. The van der Waals surface area contributed by atoms with Gasteiger partial charge in [-0.25, -0.2) is 4.79 Å². The van der Waals surface area contributed by atoms with Crippen LogP contribution < -0.4 is 4.74 Å². The van der Waals surface area contributed by atoms with Crippen LogP contribution in [0.4, 0.5) is 0 Å². The van der Waals surface area contributed by atoms with Crippen LogP contribution in [-0.2, 0) is 16.1 Å². The zero-order valence-electron chi connectivity index (χ0n) is 13.8. The Kier molecular flexibility index (Phi) is 6.67. The summed E-state index contributed by atoms with van der Waals surface area (Å²) in [7, 11) is 3.19. The number of methoxy groups -OCH3 is 1. The van der Waals surface area contributed by atoms with Crippen molar-refractivity contribution >= 4 is 35.1 Å². The smallest absolute Gasteiger partial charge is 0.340 e. The standard InChI is InChI=1S/C18H17Cl2NO4/c1-21(10-12-5-3-4-6-16(12)24-2)17(22)11-25-18(23)14-8-7-13(19)9-15(14)20/h3-9H,10-11H2,1-2H3. The molecule has 132 valence electrons. The first-order valence-electron chi connectivity index (χ1n) is 7.40. The Morgan fingerprint density at radius 3 is 2.52 bits per heavy atom. The van der Waals surface area contributed by atoms with Crippen molar-refractivity contribution in [2.75, 3.05) is 20.8 Å². The fourth-order valence-corrected chi connectivity index (χ4v) is 2.63. The molecule has 25 heavy (non-hydrogen) atoms. The first-order chi connectivity index (χ1) is 11.9. The Balaban J connectivity index is 1.94. The number of halogens is 2. The molecule has 0 heterocycles. The fourth-order valence-electron chi connectivity index (χ4n) is 2.15. The summed E-state index contributed by atoms with van der Waals surface area (Å²) >= 11 is 11.7. The summed E-state index contributed by atoms with van der Waals surface area (Å²) in [5.74, 6) is -0.336. The number of hydrogen-bond donors (Lipinski definition) is 0. The molecule has 0 saturated heterocycles. The molecule has 0 aromatic heterocycles. The Labute approximate surface area is 156 Å². The van der Waals surface area contributed by atoms with Crippen LogP contribution in [0, 0.1) is 0 Å². The minimum Gasteiger partial charge on any atom is -0.496 e. The molecule has 0 aliphatic carbocycles. The SMILES string of the molecule is COc1ccccc1CN(C)C(=O)COC(=O)c1ccc(Cl)cc1Cl. The third-order valence-electron chi connectivity index (χ3n) is 3.50. The molecule has 0 fully saturated rings. The third kappa shape index (κ3) is 5.11. The normalized spacial score (nSPS) is 10.2. The van der Waals surface area contributed by atoms with Crippen LogP contribution in [-0.4, -0.2) is 37.5 Å². The van der Waals surface area contributed by atoms with Crippen molar-refractivity contribution in [1.29, 1.82) is 0 Å². The first kappa shape index (κ1) is 19.1. The maximum atomic E-state index is 12.2. The second kappa shape index (κ2) is 8.74. The Morgan fingerprint density at radius 1 is 1.12 bits per heavy atom. The maximum Gasteiger partial charge on any atom is 0.340 e. The van der Waals surface area contributed by atoms with Crippen molar-refractivity contribution < 1.29 is 19.1 Å². The van der Waals surface area contributed by atoms with Crippen molar-refractivity contribution in [3.8, 4) is 5.75 Å². The Hall–Kier alpha value is -2.24. The number of carbonyl (C=O) groups is 2. The number of ether oxygens (including phenoxy) is 2. The molecule has 0 aliphatic rings. The van der Waals surface area contributed by atoms with Gasteiger partial charge in [0.2, 0.25) is 0 Å². The highest BCUT2D eigenvalue weighted by Gasteiger charge is 2.17. The molecule has 7 heteroatoms. The van der Waals surface area contributed by atoms with Gasteiger partial charge >= 0.3 is 5.97 Å². The topological polar surface area (TPSA) is 55.8 Å². The van der Waals surface area contributed by atoms with Crippen LogP contribution in [0.1, 0.15) is 15.9 Å². The van der Waals surface area contributed by atoms with E-state index in [2.05, 4.69) is 0 Å². The summed E-state index contributed by atoms with van der Waals surface area (Å²) in [5, 5.41) is 0.585. The molecule has 0 aliphatic heterocycles. The highest BCUT2D eigenvalue weighted by atomic mass is 35.5. The van der Waals surface area contributed by atoms with Gasteiger partial charge in [-0.1, -0.05) is 41.4 Å². The number of likely N-dealkylation sites (N-methyl/N-ethyl adjacent to an activating group) is 1. The minimum absolute atomic E-state index is 0.159. The van der Waals surface area contributed by atoms with E-state index in [1.807, 2.05) is 24.3 Å². The van der Waals surface area contributed by atoms with Gasteiger partial charge in [0, 0.05) is 24.2 Å². The maximum absolute atomic E-state index is 12.2. The van der Waals surface area contributed by atoms with E-state index < -0.39 is 5.97 Å². The van der Waals surface area contributed by atoms with E-state index in [-0.39, 0.29) is 23.1 Å². The van der Waals surface area contributed by atoms with E-state index in [1.54, 1.807) is 14.2 Å².